The number of nitrogens with one attached hydrogen (secondary N) is 1. The number of carbonyl (C=O) groups excluding carboxylic acids is 1. The van der Waals surface area contributed by atoms with Gasteiger partial charge in [-0.25, -0.2) is 0 Å². The highest BCUT2D eigenvalue weighted by molar-refractivity contribution is 5.88. The van der Waals surface area contributed by atoms with Crippen molar-refractivity contribution in [1.82, 2.24) is 10.2 Å². The van der Waals surface area contributed by atoms with Gasteiger partial charge in [0.2, 0.25) is 5.91 Å². The molecule has 1 amide bonds. The van der Waals surface area contributed by atoms with Crippen molar-refractivity contribution in [3.63, 3.8) is 0 Å². The molecular weight excluding hydrogens is 384 g/mol. The lowest BCUT2D eigenvalue weighted by Crippen LogP contribution is -2.40. The smallest absolute Gasteiger partial charge is 0.243 e. The summed E-state index contributed by atoms with van der Waals surface area (Å²) >= 11 is 0. The first-order valence-electron chi connectivity index (χ1n) is 11.7. The highest BCUT2D eigenvalue weighted by Gasteiger charge is 2.44. The summed E-state index contributed by atoms with van der Waals surface area (Å²) in [5.41, 5.74) is 3.22. The van der Waals surface area contributed by atoms with Crippen molar-refractivity contribution < 1.29 is 9.53 Å². The highest BCUT2D eigenvalue weighted by atomic mass is 16.5. The monoisotopic (exact) mass is 422 g/mol. The fraction of sp³-hybridized carbons (Fsp3) is 0.519. The Bertz CT molecular complexity index is 837. The molecule has 0 spiro atoms. The second kappa shape index (κ2) is 10.3. The first kappa shape index (κ1) is 23.3. The molecule has 0 saturated carbocycles. The molecule has 0 aliphatic carbocycles. The van der Waals surface area contributed by atoms with E-state index in [0.717, 1.165) is 17.7 Å². The molecule has 31 heavy (non-hydrogen) atoms. The Morgan fingerprint density at radius 1 is 1.00 bits per heavy atom. The van der Waals surface area contributed by atoms with E-state index in [1.54, 1.807) is 7.11 Å². The number of nitrogens with zero attached hydrogens (tertiary/aromatic N) is 1. The lowest BCUT2D eigenvalue weighted by atomic mass is 9.90. The van der Waals surface area contributed by atoms with Gasteiger partial charge in [-0.05, 0) is 67.9 Å². The van der Waals surface area contributed by atoms with E-state index in [0.29, 0.717) is 12.5 Å². The molecule has 1 N–H and O–H groups in total. The van der Waals surface area contributed by atoms with Gasteiger partial charge in [0.05, 0.1) is 12.6 Å². The molecule has 1 aliphatic rings. The van der Waals surface area contributed by atoms with E-state index in [2.05, 4.69) is 55.6 Å². The van der Waals surface area contributed by atoms with E-state index in [9.17, 15) is 4.79 Å². The number of carbonyl (C=O) groups is 1. The van der Waals surface area contributed by atoms with E-state index >= 15 is 0 Å². The van der Waals surface area contributed by atoms with Crippen molar-refractivity contribution in [3.8, 4) is 5.75 Å². The van der Waals surface area contributed by atoms with E-state index in [4.69, 9.17) is 4.74 Å². The van der Waals surface area contributed by atoms with E-state index in [1.807, 2.05) is 30.9 Å². The third-order valence-electron chi connectivity index (χ3n) is 6.40. The highest BCUT2D eigenvalue weighted by Crippen LogP contribution is 2.33. The first-order valence-corrected chi connectivity index (χ1v) is 11.7. The van der Waals surface area contributed by atoms with Crippen LogP contribution in [0.1, 0.15) is 82.2 Å². The van der Waals surface area contributed by atoms with Gasteiger partial charge in [0.25, 0.3) is 0 Å². The molecule has 0 aromatic heterocycles. The van der Waals surface area contributed by atoms with Gasteiger partial charge < -0.3 is 9.64 Å². The van der Waals surface area contributed by atoms with Crippen LogP contribution in [0.5, 0.6) is 5.75 Å². The number of rotatable bonds is 10. The number of hydrogen-bond acceptors (Lipinski definition) is 3. The van der Waals surface area contributed by atoms with Crippen LogP contribution >= 0.6 is 0 Å². The minimum Gasteiger partial charge on any atom is -0.497 e. The molecule has 4 nitrogen and oxygen atoms in total. The van der Waals surface area contributed by atoms with Crippen molar-refractivity contribution >= 4 is 5.91 Å². The Kier molecular flexibility index (Phi) is 7.77. The molecule has 1 saturated heterocycles. The Morgan fingerprint density at radius 2 is 1.61 bits per heavy atom. The SMILES string of the molecule is CCCC(CCC)c1ccc(C2NC(C)(C)C(=O)N2CCc2ccc(OC)cc2)cc1. The summed E-state index contributed by atoms with van der Waals surface area (Å²) in [6, 6.07) is 17.0. The summed E-state index contributed by atoms with van der Waals surface area (Å²) in [6.45, 7) is 9.15. The number of benzene rings is 2. The van der Waals surface area contributed by atoms with Crippen molar-refractivity contribution in [2.24, 2.45) is 0 Å². The zero-order valence-corrected chi connectivity index (χ0v) is 19.8. The maximum atomic E-state index is 13.1. The number of hydrogen-bond donors (Lipinski definition) is 1. The molecule has 4 heteroatoms. The van der Waals surface area contributed by atoms with Crippen LogP contribution in [0.2, 0.25) is 0 Å². The Labute approximate surface area is 188 Å². The topological polar surface area (TPSA) is 41.6 Å². The molecule has 3 rings (SSSR count). The van der Waals surface area contributed by atoms with Crippen LogP contribution in [-0.2, 0) is 11.2 Å². The standard InChI is InChI=1S/C27H38N2O2/c1-6-8-21(9-7-2)22-12-14-23(15-13-22)25-28-27(3,4)26(30)29(25)19-18-20-10-16-24(31-5)17-11-20/h10-17,21,25,28H,6-9,18-19H2,1-5H3. The number of amides is 1. The quantitative estimate of drug-likeness (QED) is 0.524. The van der Waals surface area contributed by atoms with Crippen molar-refractivity contribution in [2.75, 3.05) is 13.7 Å². The van der Waals surface area contributed by atoms with Crippen LogP contribution in [0.4, 0.5) is 0 Å². The van der Waals surface area contributed by atoms with Crippen molar-refractivity contribution in [1.29, 1.82) is 0 Å². The van der Waals surface area contributed by atoms with E-state index < -0.39 is 5.54 Å². The molecule has 1 unspecified atom stereocenters. The molecule has 0 bridgehead atoms. The zero-order valence-electron chi connectivity index (χ0n) is 19.8. The van der Waals surface area contributed by atoms with Crippen LogP contribution < -0.4 is 10.1 Å². The lowest BCUT2D eigenvalue weighted by molar-refractivity contribution is -0.132. The second-order valence-electron chi connectivity index (χ2n) is 9.21. The number of methoxy groups -OCH3 is 1. The Morgan fingerprint density at radius 3 is 2.16 bits per heavy atom. The summed E-state index contributed by atoms with van der Waals surface area (Å²) < 4.78 is 5.25. The third kappa shape index (κ3) is 5.48. The number of ether oxygens (including phenoxy) is 1. The largest absolute Gasteiger partial charge is 0.497 e. The van der Waals surface area contributed by atoms with Crippen LogP contribution in [-0.4, -0.2) is 30.0 Å². The minimum atomic E-state index is -0.559. The predicted molar refractivity (Wildman–Crippen MR) is 127 cm³/mol. The molecule has 0 radical (unpaired) electrons. The van der Waals surface area contributed by atoms with Gasteiger partial charge in [0.15, 0.2) is 0 Å². The maximum Gasteiger partial charge on any atom is 0.243 e. The van der Waals surface area contributed by atoms with Crippen LogP contribution in [0.15, 0.2) is 48.5 Å². The average molecular weight is 423 g/mol. The van der Waals surface area contributed by atoms with Gasteiger partial charge in [0, 0.05) is 6.54 Å². The van der Waals surface area contributed by atoms with Crippen LogP contribution in [0, 0.1) is 0 Å². The maximum absolute atomic E-state index is 13.1. The summed E-state index contributed by atoms with van der Waals surface area (Å²) in [7, 11) is 1.67. The summed E-state index contributed by atoms with van der Waals surface area (Å²) in [4.78, 5) is 15.1. The Balaban J connectivity index is 1.76. The first-order chi connectivity index (χ1) is 14.9. The minimum absolute atomic E-state index is 0.0920. The Hall–Kier alpha value is -2.33. The van der Waals surface area contributed by atoms with Crippen molar-refractivity contribution in [3.05, 3.63) is 65.2 Å². The summed E-state index contributed by atoms with van der Waals surface area (Å²) in [6.07, 6.45) is 5.60. The molecule has 1 fully saturated rings. The fourth-order valence-corrected chi connectivity index (χ4v) is 4.62. The van der Waals surface area contributed by atoms with Gasteiger partial charge in [-0.2, -0.15) is 0 Å². The van der Waals surface area contributed by atoms with Crippen LogP contribution in [0.3, 0.4) is 0 Å². The summed E-state index contributed by atoms with van der Waals surface area (Å²) in [5, 5.41) is 3.56. The molecule has 168 valence electrons. The molecule has 1 heterocycles. The molecule has 2 aromatic rings. The molecule has 2 aromatic carbocycles. The molecule has 1 aliphatic heterocycles. The zero-order chi connectivity index (χ0) is 22.4. The van der Waals surface area contributed by atoms with Gasteiger partial charge in [0.1, 0.15) is 11.9 Å². The van der Waals surface area contributed by atoms with Gasteiger partial charge >= 0.3 is 0 Å². The third-order valence-corrected chi connectivity index (χ3v) is 6.40. The van der Waals surface area contributed by atoms with Gasteiger partial charge in [-0.1, -0.05) is 63.1 Å². The molecular formula is C27H38N2O2. The second-order valence-corrected chi connectivity index (χ2v) is 9.21. The molecule has 1 atom stereocenters. The van der Waals surface area contributed by atoms with Crippen LogP contribution in [0.25, 0.3) is 0 Å². The van der Waals surface area contributed by atoms with E-state index in [1.165, 1.54) is 36.8 Å². The van der Waals surface area contributed by atoms with E-state index in [-0.39, 0.29) is 12.1 Å². The predicted octanol–water partition coefficient (Wildman–Crippen LogP) is 5.83. The lowest BCUT2D eigenvalue weighted by Gasteiger charge is -2.25. The average Bonchev–Trinajstić information content (AvgIpc) is 3.01. The van der Waals surface area contributed by atoms with Gasteiger partial charge in [-0.3, -0.25) is 10.1 Å². The van der Waals surface area contributed by atoms with Gasteiger partial charge in [-0.15, -0.1) is 0 Å². The normalized spacial score (nSPS) is 18.1. The fourth-order valence-electron chi connectivity index (χ4n) is 4.62. The summed E-state index contributed by atoms with van der Waals surface area (Å²) in [5.74, 6) is 1.64. The van der Waals surface area contributed by atoms with Crippen molar-refractivity contribution in [2.45, 2.75) is 77.4 Å².